The van der Waals surface area contributed by atoms with E-state index in [0.29, 0.717) is 22.9 Å². The highest BCUT2D eigenvalue weighted by Gasteiger charge is 2.25. The molecule has 1 aliphatic rings. The van der Waals surface area contributed by atoms with E-state index in [0.717, 1.165) is 42.3 Å². The summed E-state index contributed by atoms with van der Waals surface area (Å²) in [6.07, 6.45) is 10.6. The molecule has 0 saturated heterocycles. The number of fused-ring (bicyclic) bond motifs is 2. The second-order valence-corrected chi connectivity index (χ2v) is 8.30. The van der Waals surface area contributed by atoms with Gasteiger partial charge in [-0.25, -0.2) is 24.1 Å². The Morgan fingerprint density at radius 3 is 2.81 bits per heavy atom. The third kappa shape index (κ3) is 3.60. The summed E-state index contributed by atoms with van der Waals surface area (Å²) in [7, 11) is 3.50. The zero-order valence-corrected chi connectivity index (χ0v) is 17.5. The first-order valence-corrected chi connectivity index (χ1v) is 10.4. The lowest BCUT2D eigenvalue weighted by atomic mass is 9.91. The van der Waals surface area contributed by atoms with Crippen LogP contribution in [0.5, 0.6) is 0 Å². The third-order valence-electron chi connectivity index (χ3n) is 6.02. The summed E-state index contributed by atoms with van der Waals surface area (Å²) in [6.45, 7) is 0. The predicted octanol–water partition coefficient (Wildman–Crippen LogP) is 3.87. The number of halogens is 1. The van der Waals surface area contributed by atoms with E-state index in [1.807, 2.05) is 12.3 Å². The van der Waals surface area contributed by atoms with E-state index in [1.165, 1.54) is 12.3 Å². The van der Waals surface area contributed by atoms with E-state index < -0.39 is 5.82 Å². The Balaban J connectivity index is 1.41. The number of hydrogen-bond donors (Lipinski definition) is 2. The summed E-state index contributed by atoms with van der Waals surface area (Å²) in [5, 5.41) is 4.71. The van der Waals surface area contributed by atoms with Gasteiger partial charge in [0.1, 0.15) is 17.1 Å². The molecule has 0 radical (unpaired) electrons. The quantitative estimate of drug-likeness (QED) is 0.525. The standard InChI is InChI=1S/C22H24FN7O/c1-29(2)22(31)27-15-3-5-16(6-4-15)30-8-7-13-10-24-20(28-21(13)30)18-12-26-19-17(18)9-14(23)11-25-19/h7-12,15-16H,3-6H2,1-2H3,(H,25,26)(H,27,31). The number of urea groups is 1. The van der Waals surface area contributed by atoms with Crippen molar-refractivity contribution in [3.63, 3.8) is 0 Å². The fourth-order valence-corrected chi connectivity index (χ4v) is 4.33. The molecule has 4 aromatic heterocycles. The van der Waals surface area contributed by atoms with Crippen LogP contribution in [-0.4, -0.2) is 55.6 Å². The lowest BCUT2D eigenvalue weighted by Gasteiger charge is -2.31. The number of aromatic amines is 1. The van der Waals surface area contributed by atoms with Gasteiger partial charge in [0.15, 0.2) is 5.82 Å². The molecule has 4 aromatic rings. The molecule has 2 amide bonds. The summed E-state index contributed by atoms with van der Waals surface area (Å²) in [6, 6.07) is 3.94. The van der Waals surface area contributed by atoms with E-state index in [2.05, 4.69) is 31.0 Å². The third-order valence-corrected chi connectivity index (χ3v) is 6.02. The minimum absolute atomic E-state index is 0.0445. The number of carbonyl (C=O) groups is 1. The molecule has 9 heteroatoms. The van der Waals surface area contributed by atoms with Crippen molar-refractivity contribution in [1.29, 1.82) is 0 Å². The molecular weight excluding hydrogens is 397 g/mol. The van der Waals surface area contributed by atoms with Crippen molar-refractivity contribution >= 4 is 28.1 Å². The van der Waals surface area contributed by atoms with Crippen molar-refractivity contribution in [1.82, 2.24) is 34.7 Å². The largest absolute Gasteiger partial charge is 0.345 e. The van der Waals surface area contributed by atoms with Crippen LogP contribution >= 0.6 is 0 Å². The fraction of sp³-hybridized carbons (Fsp3) is 0.364. The Labute approximate surface area is 178 Å². The Kier molecular flexibility index (Phi) is 4.80. The van der Waals surface area contributed by atoms with Gasteiger partial charge in [0.2, 0.25) is 0 Å². The van der Waals surface area contributed by atoms with Crippen LogP contribution in [0.4, 0.5) is 9.18 Å². The first kappa shape index (κ1) is 19.5. The molecule has 5 rings (SSSR count). The number of H-pyrrole nitrogens is 1. The summed E-state index contributed by atoms with van der Waals surface area (Å²) >= 11 is 0. The highest BCUT2D eigenvalue weighted by molar-refractivity contribution is 5.92. The summed E-state index contributed by atoms with van der Waals surface area (Å²) in [4.78, 5) is 30.0. The molecular formula is C22H24FN7O. The van der Waals surface area contributed by atoms with Gasteiger partial charge in [0.05, 0.1) is 6.20 Å². The van der Waals surface area contributed by atoms with Gasteiger partial charge in [-0.3, -0.25) is 0 Å². The van der Waals surface area contributed by atoms with E-state index in [-0.39, 0.29) is 12.1 Å². The van der Waals surface area contributed by atoms with Crippen molar-refractivity contribution in [2.24, 2.45) is 0 Å². The Hall–Kier alpha value is -3.49. The van der Waals surface area contributed by atoms with Gasteiger partial charge in [-0.2, -0.15) is 0 Å². The number of rotatable bonds is 3. The van der Waals surface area contributed by atoms with E-state index >= 15 is 0 Å². The van der Waals surface area contributed by atoms with Gasteiger partial charge in [-0.05, 0) is 37.8 Å². The van der Waals surface area contributed by atoms with Crippen LogP contribution in [-0.2, 0) is 0 Å². The maximum atomic E-state index is 13.7. The van der Waals surface area contributed by atoms with Gasteiger partial charge in [-0.1, -0.05) is 0 Å². The molecule has 160 valence electrons. The average Bonchev–Trinajstić information content (AvgIpc) is 3.37. The zero-order valence-electron chi connectivity index (χ0n) is 17.5. The molecule has 1 saturated carbocycles. The lowest BCUT2D eigenvalue weighted by molar-refractivity contribution is 0.205. The van der Waals surface area contributed by atoms with Gasteiger partial charge in [0, 0.05) is 61.1 Å². The van der Waals surface area contributed by atoms with Crippen LogP contribution < -0.4 is 5.32 Å². The van der Waals surface area contributed by atoms with Crippen LogP contribution in [0.1, 0.15) is 31.7 Å². The maximum absolute atomic E-state index is 13.7. The van der Waals surface area contributed by atoms with Crippen LogP contribution in [0.25, 0.3) is 33.5 Å². The molecule has 4 heterocycles. The Morgan fingerprint density at radius 2 is 2.03 bits per heavy atom. The molecule has 0 atom stereocenters. The smallest absolute Gasteiger partial charge is 0.317 e. The van der Waals surface area contributed by atoms with Crippen LogP contribution in [0, 0.1) is 5.82 Å². The number of carbonyl (C=O) groups excluding carboxylic acids is 1. The van der Waals surface area contributed by atoms with Crippen molar-refractivity contribution in [2.75, 3.05) is 14.1 Å². The van der Waals surface area contributed by atoms with Crippen LogP contribution in [0.3, 0.4) is 0 Å². The highest BCUT2D eigenvalue weighted by Crippen LogP contribution is 2.32. The van der Waals surface area contributed by atoms with E-state index in [9.17, 15) is 9.18 Å². The first-order chi connectivity index (χ1) is 15.0. The van der Waals surface area contributed by atoms with Crippen molar-refractivity contribution in [2.45, 2.75) is 37.8 Å². The van der Waals surface area contributed by atoms with Crippen LogP contribution in [0.2, 0.25) is 0 Å². The number of pyridine rings is 1. The summed E-state index contributed by atoms with van der Waals surface area (Å²) < 4.78 is 15.9. The second-order valence-electron chi connectivity index (χ2n) is 8.30. The van der Waals surface area contributed by atoms with Crippen molar-refractivity contribution in [3.05, 3.63) is 42.7 Å². The van der Waals surface area contributed by atoms with Crippen molar-refractivity contribution in [3.8, 4) is 11.4 Å². The molecule has 2 N–H and O–H groups in total. The van der Waals surface area contributed by atoms with Crippen molar-refractivity contribution < 1.29 is 9.18 Å². The maximum Gasteiger partial charge on any atom is 0.317 e. The van der Waals surface area contributed by atoms with E-state index in [4.69, 9.17) is 4.98 Å². The van der Waals surface area contributed by atoms with Gasteiger partial charge in [0.25, 0.3) is 0 Å². The van der Waals surface area contributed by atoms with E-state index in [1.54, 1.807) is 25.2 Å². The zero-order chi connectivity index (χ0) is 21.5. The molecule has 0 unspecified atom stereocenters. The lowest BCUT2D eigenvalue weighted by Crippen LogP contribution is -2.43. The molecule has 0 aliphatic heterocycles. The van der Waals surface area contributed by atoms with Crippen LogP contribution in [0.15, 0.2) is 36.9 Å². The second kappa shape index (κ2) is 7.64. The normalized spacial score (nSPS) is 19.1. The van der Waals surface area contributed by atoms with Gasteiger partial charge < -0.3 is 19.8 Å². The molecule has 8 nitrogen and oxygen atoms in total. The Bertz CT molecular complexity index is 1250. The number of nitrogens with one attached hydrogen (secondary N) is 2. The predicted molar refractivity (Wildman–Crippen MR) is 116 cm³/mol. The number of hydrogen-bond acceptors (Lipinski definition) is 4. The molecule has 0 bridgehead atoms. The SMILES string of the molecule is CN(C)C(=O)NC1CCC(n2ccc3cnc(-c4c[nH]c5ncc(F)cc45)nc32)CC1. The topological polar surface area (TPSA) is 91.7 Å². The minimum atomic E-state index is -0.393. The Morgan fingerprint density at radius 1 is 1.23 bits per heavy atom. The summed E-state index contributed by atoms with van der Waals surface area (Å²) in [5.74, 6) is 0.147. The summed E-state index contributed by atoms with van der Waals surface area (Å²) in [5.41, 5.74) is 2.20. The first-order valence-electron chi connectivity index (χ1n) is 10.4. The van der Waals surface area contributed by atoms with Gasteiger partial charge >= 0.3 is 6.03 Å². The molecule has 31 heavy (non-hydrogen) atoms. The molecule has 1 aliphatic carbocycles. The fourth-order valence-electron chi connectivity index (χ4n) is 4.33. The molecule has 1 fully saturated rings. The number of amides is 2. The average molecular weight is 421 g/mol. The highest BCUT2D eigenvalue weighted by atomic mass is 19.1. The molecule has 0 spiro atoms. The van der Waals surface area contributed by atoms with Gasteiger partial charge in [-0.15, -0.1) is 0 Å². The molecule has 0 aromatic carbocycles. The number of nitrogens with zero attached hydrogens (tertiary/aromatic N) is 5. The monoisotopic (exact) mass is 421 g/mol. The minimum Gasteiger partial charge on any atom is -0.345 e. The number of aromatic nitrogens is 5.